The molecule has 1 amide bonds. The first kappa shape index (κ1) is 25.1. The second-order valence-electron chi connectivity index (χ2n) is 6.78. The van der Waals surface area contributed by atoms with Crippen molar-refractivity contribution in [2.75, 3.05) is 51.6 Å². The van der Waals surface area contributed by atoms with E-state index in [2.05, 4.69) is 4.90 Å². The van der Waals surface area contributed by atoms with Crippen molar-refractivity contribution < 1.29 is 37.8 Å². The summed E-state index contributed by atoms with van der Waals surface area (Å²) in [4.78, 5) is 34.1. The quantitative estimate of drug-likeness (QED) is 0.573. The summed E-state index contributed by atoms with van der Waals surface area (Å²) in [6, 6.07) is 0.441. The van der Waals surface area contributed by atoms with Crippen LogP contribution in [0.25, 0.3) is 0 Å². The van der Waals surface area contributed by atoms with Crippen molar-refractivity contribution in [1.82, 2.24) is 14.1 Å². The minimum Gasteiger partial charge on any atom is -0.473 e. The van der Waals surface area contributed by atoms with Crippen LogP contribution in [0.4, 0.5) is 4.79 Å². The number of piperidine rings is 1. The average Bonchev–Trinajstić information content (AvgIpc) is 2.69. The number of carbonyl (C=O) groups is 3. The van der Waals surface area contributed by atoms with Gasteiger partial charge in [-0.3, -0.25) is 4.90 Å². The van der Waals surface area contributed by atoms with Crippen molar-refractivity contribution in [3.63, 3.8) is 0 Å². The highest BCUT2D eigenvalue weighted by molar-refractivity contribution is 7.89. The Labute approximate surface area is 171 Å². The lowest BCUT2D eigenvalue weighted by atomic mass is 10.0. The summed E-state index contributed by atoms with van der Waals surface area (Å²) >= 11 is 0. The predicted octanol–water partition coefficient (Wildman–Crippen LogP) is 0.120. The summed E-state index contributed by atoms with van der Waals surface area (Å²) in [5, 5.41) is 14.8. The molecule has 168 valence electrons. The number of ether oxygens (including phenoxy) is 1. The molecule has 29 heavy (non-hydrogen) atoms. The van der Waals surface area contributed by atoms with E-state index in [1.165, 1.54) is 0 Å². The van der Waals surface area contributed by atoms with Gasteiger partial charge in [0.05, 0.1) is 12.4 Å². The van der Waals surface area contributed by atoms with Crippen molar-refractivity contribution in [3.05, 3.63) is 0 Å². The van der Waals surface area contributed by atoms with Crippen LogP contribution in [-0.4, -0.2) is 108 Å². The third-order valence-corrected chi connectivity index (χ3v) is 6.89. The molecule has 2 aliphatic rings. The maximum atomic E-state index is 12.1. The molecular formula is C17H31N3O8S. The van der Waals surface area contributed by atoms with E-state index in [1.807, 2.05) is 13.8 Å². The number of amides is 1. The van der Waals surface area contributed by atoms with Gasteiger partial charge in [-0.2, -0.15) is 4.31 Å². The molecule has 0 bridgehead atoms. The summed E-state index contributed by atoms with van der Waals surface area (Å²) in [5.41, 5.74) is 0. The molecule has 0 aromatic rings. The van der Waals surface area contributed by atoms with E-state index in [0.29, 0.717) is 32.2 Å². The van der Waals surface area contributed by atoms with Gasteiger partial charge in [-0.05, 0) is 26.2 Å². The molecule has 2 rings (SSSR count). The summed E-state index contributed by atoms with van der Waals surface area (Å²) in [6.45, 7) is 8.30. The second-order valence-corrected chi connectivity index (χ2v) is 8.87. The lowest BCUT2D eigenvalue weighted by molar-refractivity contribution is -0.159. The molecule has 2 fully saturated rings. The van der Waals surface area contributed by atoms with Crippen LogP contribution >= 0.6 is 0 Å². The van der Waals surface area contributed by atoms with Crippen molar-refractivity contribution in [1.29, 1.82) is 0 Å². The van der Waals surface area contributed by atoms with Gasteiger partial charge in [0.1, 0.15) is 0 Å². The molecule has 0 atom stereocenters. The number of likely N-dealkylation sites (tertiary alicyclic amines) is 1. The Bertz CT molecular complexity index is 642. The van der Waals surface area contributed by atoms with Gasteiger partial charge in [0.15, 0.2) is 0 Å². The van der Waals surface area contributed by atoms with Gasteiger partial charge in [0.2, 0.25) is 10.0 Å². The summed E-state index contributed by atoms with van der Waals surface area (Å²) in [5.74, 6) is -3.41. The van der Waals surface area contributed by atoms with Crippen LogP contribution in [0.15, 0.2) is 0 Å². The van der Waals surface area contributed by atoms with E-state index in [-0.39, 0.29) is 11.8 Å². The Morgan fingerprint density at radius 1 is 0.931 bits per heavy atom. The first-order valence-corrected chi connectivity index (χ1v) is 11.3. The fraction of sp³-hybridized carbons (Fsp3) is 0.824. The maximum absolute atomic E-state index is 12.1. The SMILES string of the molecule is CCCS(=O)(=O)N1CCN(C2CCN(C(=O)OCC)CC2)CC1.O=C(O)C(=O)O. The molecule has 2 aliphatic heterocycles. The minimum absolute atomic E-state index is 0.221. The summed E-state index contributed by atoms with van der Waals surface area (Å²) in [6.07, 6.45) is 2.30. The normalized spacial score (nSPS) is 19.2. The Morgan fingerprint density at radius 2 is 1.45 bits per heavy atom. The van der Waals surface area contributed by atoms with E-state index in [1.54, 1.807) is 9.21 Å². The highest BCUT2D eigenvalue weighted by Crippen LogP contribution is 2.20. The molecule has 0 aromatic carbocycles. The predicted molar refractivity (Wildman–Crippen MR) is 104 cm³/mol. The molecule has 2 N–H and O–H groups in total. The molecular weight excluding hydrogens is 406 g/mol. The first-order chi connectivity index (χ1) is 13.6. The number of rotatable bonds is 5. The zero-order valence-corrected chi connectivity index (χ0v) is 17.8. The van der Waals surface area contributed by atoms with Crippen molar-refractivity contribution >= 4 is 28.1 Å². The largest absolute Gasteiger partial charge is 0.473 e. The number of hydrogen-bond donors (Lipinski definition) is 2. The second kappa shape index (κ2) is 11.9. The third kappa shape index (κ3) is 8.15. The standard InChI is InChI=1S/C15H29N3O4S.C2H2O4/c1-3-13-23(20,21)18-11-9-16(10-12-18)14-5-7-17(8-6-14)15(19)22-4-2;3-1(4)2(5)6/h14H,3-13H2,1-2H3;(H,3,4)(H,5,6). The topological polar surface area (TPSA) is 145 Å². The van der Waals surface area contributed by atoms with E-state index in [0.717, 1.165) is 39.0 Å². The van der Waals surface area contributed by atoms with Crippen molar-refractivity contribution in [3.8, 4) is 0 Å². The van der Waals surface area contributed by atoms with Crippen LogP contribution in [0, 0.1) is 0 Å². The maximum Gasteiger partial charge on any atom is 0.414 e. The Hall–Kier alpha value is -1.92. The van der Waals surface area contributed by atoms with Crippen LogP contribution in [0.2, 0.25) is 0 Å². The number of sulfonamides is 1. The minimum atomic E-state index is -3.08. The fourth-order valence-corrected chi connectivity index (χ4v) is 4.86. The van der Waals surface area contributed by atoms with Crippen molar-refractivity contribution in [2.45, 2.75) is 39.2 Å². The van der Waals surface area contributed by atoms with Gasteiger partial charge in [-0.15, -0.1) is 0 Å². The first-order valence-electron chi connectivity index (χ1n) is 9.72. The number of piperazine rings is 1. The molecule has 11 nitrogen and oxygen atoms in total. The Morgan fingerprint density at radius 3 is 1.86 bits per heavy atom. The van der Waals surface area contributed by atoms with E-state index in [4.69, 9.17) is 24.5 Å². The average molecular weight is 438 g/mol. The zero-order valence-electron chi connectivity index (χ0n) is 16.9. The van der Waals surface area contributed by atoms with Gasteiger partial charge < -0.3 is 19.8 Å². The van der Waals surface area contributed by atoms with E-state index >= 15 is 0 Å². The number of carbonyl (C=O) groups excluding carboxylic acids is 1. The molecule has 0 radical (unpaired) electrons. The summed E-state index contributed by atoms with van der Waals surface area (Å²) in [7, 11) is -3.08. The van der Waals surface area contributed by atoms with Gasteiger partial charge in [0.25, 0.3) is 0 Å². The number of hydrogen-bond acceptors (Lipinski definition) is 7. The molecule has 0 spiro atoms. The number of carboxylic acids is 2. The van der Waals surface area contributed by atoms with Gasteiger partial charge in [-0.25, -0.2) is 22.8 Å². The monoisotopic (exact) mass is 437 g/mol. The Kier molecular flexibility index (Phi) is 10.3. The lowest BCUT2D eigenvalue weighted by Crippen LogP contribution is -2.55. The number of nitrogens with zero attached hydrogens (tertiary/aromatic N) is 3. The molecule has 2 heterocycles. The highest BCUT2D eigenvalue weighted by atomic mass is 32.2. The number of aliphatic carboxylic acids is 2. The molecule has 0 aliphatic carbocycles. The van der Waals surface area contributed by atoms with Crippen LogP contribution in [0.1, 0.15) is 33.1 Å². The fourth-order valence-electron chi connectivity index (χ4n) is 3.36. The van der Waals surface area contributed by atoms with Crippen LogP contribution < -0.4 is 0 Å². The highest BCUT2D eigenvalue weighted by Gasteiger charge is 2.32. The van der Waals surface area contributed by atoms with Gasteiger partial charge >= 0.3 is 18.0 Å². The number of carboxylic acid groups (broad SMARTS) is 2. The van der Waals surface area contributed by atoms with Crippen LogP contribution in [0.5, 0.6) is 0 Å². The smallest absolute Gasteiger partial charge is 0.414 e. The molecule has 2 saturated heterocycles. The lowest BCUT2D eigenvalue weighted by Gasteiger charge is -2.42. The van der Waals surface area contributed by atoms with Crippen LogP contribution in [0.3, 0.4) is 0 Å². The molecule has 12 heteroatoms. The molecule has 0 unspecified atom stereocenters. The van der Waals surface area contributed by atoms with E-state index in [9.17, 15) is 13.2 Å². The van der Waals surface area contributed by atoms with Gasteiger partial charge in [-0.1, -0.05) is 6.92 Å². The Balaban J connectivity index is 0.000000612. The summed E-state index contributed by atoms with van der Waals surface area (Å²) < 4.78 is 30.9. The van der Waals surface area contributed by atoms with Gasteiger partial charge in [0, 0.05) is 45.3 Å². The zero-order chi connectivity index (χ0) is 22.0. The van der Waals surface area contributed by atoms with Crippen LogP contribution in [-0.2, 0) is 24.3 Å². The van der Waals surface area contributed by atoms with E-state index < -0.39 is 22.0 Å². The van der Waals surface area contributed by atoms with Crippen molar-refractivity contribution in [2.24, 2.45) is 0 Å². The molecule has 0 aromatic heterocycles. The molecule has 0 saturated carbocycles. The third-order valence-electron chi connectivity index (χ3n) is 4.82.